The number of hydrogen-bond donors (Lipinski definition) is 0. The van der Waals surface area contributed by atoms with Gasteiger partial charge in [0, 0.05) is 0 Å². The summed E-state index contributed by atoms with van der Waals surface area (Å²) >= 11 is 0. The molecule has 0 aliphatic heterocycles. The summed E-state index contributed by atoms with van der Waals surface area (Å²) in [5.74, 6) is 3.10. The van der Waals surface area contributed by atoms with Gasteiger partial charge in [0.1, 0.15) is 37.7 Å². The topological polar surface area (TPSA) is 102 Å². The van der Waals surface area contributed by atoms with E-state index in [9.17, 15) is 28.8 Å². The third-order valence-corrected chi connectivity index (χ3v) is 25.4. The number of fused-ring (bicyclic) bond motifs is 6. The molecular formula is C133H150O6. The van der Waals surface area contributed by atoms with Crippen molar-refractivity contribution in [3.05, 3.63) is 435 Å². The molecule has 0 bridgehead atoms. The Bertz CT molecular complexity index is 6590. The van der Waals surface area contributed by atoms with Crippen molar-refractivity contribution in [2.45, 2.75) is 236 Å². The van der Waals surface area contributed by atoms with E-state index in [1.807, 2.05) is 94.5 Å². The zero-order valence-electron chi connectivity index (χ0n) is 88.3. The van der Waals surface area contributed by atoms with E-state index in [-0.39, 0.29) is 0 Å². The van der Waals surface area contributed by atoms with Gasteiger partial charge in [0.25, 0.3) is 0 Å². The van der Waals surface area contributed by atoms with Crippen LogP contribution in [0.25, 0.3) is 103 Å². The lowest BCUT2D eigenvalue weighted by atomic mass is 10.0. The van der Waals surface area contributed by atoms with Crippen LogP contribution in [0.4, 0.5) is 0 Å². The van der Waals surface area contributed by atoms with Gasteiger partial charge < -0.3 is 0 Å². The average molecular weight is 1840 g/mol. The number of carbonyl (C=O) groups excluding carboxylic acids is 6. The molecule has 718 valence electrons. The van der Waals surface area contributed by atoms with Gasteiger partial charge in [-0.25, -0.2) is 0 Å². The van der Waals surface area contributed by atoms with Crippen LogP contribution in [0.15, 0.2) is 301 Å². The van der Waals surface area contributed by atoms with Crippen molar-refractivity contribution in [2.75, 3.05) is 0 Å². The van der Waals surface area contributed by atoms with Crippen molar-refractivity contribution in [3.8, 4) is 66.8 Å². The van der Waals surface area contributed by atoms with Crippen molar-refractivity contribution >= 4 is 74.2 Å². The summed E-state index contributed by atoms with van der Waals surface area (Å²) in [5.41, 5.74) is 52.0. The number of aryl methyl sites for hydroxylation is 11. The van der Waals surface area contributed by atoms with Crippen LogP contribution in [0.3, 0.4) is 0 Å². The summed E-state index contributed by atoms with van der Waals surface area (Å²) in [4.78, 5) is 62.4. The Morgan fingerprint density at radius 2 is 0.410 bits per heavy atom. The molecule has 0 saturated heterocycles. The molecule has 0 aromatic heterocycles. The zero-order chi connectivity index (χ0) is 102. The van der Waals surface area contributed by atoms with Gasteiger partial charge in [-0.1, -0.05) is 356 Å². The van der Waals surface area contributed by atoms with E-state index in [1.54, 1.807) is 36.5 Å². The monoisotopic (exact) mass is 1840 g/mol. The second-order valence-electron chi connectivity index (χ2n) is 38.6. The van der Waals surface area contributed by atoms with E-state index in [0.29, 0.717) is 35.5 Å². The highest BCUT2D eigenvalue weighted by molar-refractivity contribution is 5.90. The number of allylic oxidation sites excluding steroid dienone is 26. The molecule has 0 fully saturated rings. The highest BCUT2D eigenvalue weighted by atomic mass is 16.1. The minimum Gasteiger partial charge on any atom is -0.299 e. The molecule has 12 rings (SSSR count). The quantitative estimate of drug-likeness (QED) is 0.0275. The molecule has 0 saturated carbocycles. The normalized spacial score (nSPS) is 12.7. The van der Waals surface area contributed by atoms with Gasteiger partial charge in [0.05, 0.1) is 0 Å². The minimum atomic E-state index is 0.515. The third kappa shape index (κ3) is 32.6. The smallest absolute Gasteiger partial charge is 0.143 e. The van der Waals surface area contributed by atoms with Crippen molar-refractivity contribution < 1.29 is 28.8 Å². The first-order valence-electron chi connectivity index (χ1n) is 48.9. The van der Waals surface area contributed by atoms with Crippen molar-refractivity contribution in [3.63, 3.8) is 0 Å². The highest BCUT2D eigenvalue weighted by Crippen LogP contribution is 2.44. The second kappa shape index (κ2) is 55.5. The van der Waals surface area contributed by atoms with Gasteiger partial charge in [-0.05, 0) is 418 Å². The summed E-state index contributed by atoms with van der Waals surface area (Å²) in [5, 5.41) is 0. The fourth-order valence-corrected chi connectivity index (χ4v) is 16.9. The predicted molar refractivity (Wildman–Crippen MR) is 605 cm³/mol. The summed E-state index contributed by atoms with van der Waals surface area (Å²) in [7, 11) is 0. The van der Waals surface area contributed by atoms with E-state index in [1.165, 1.54) is 212 Å². The van der Waals surface area contributed by atoms with Crippen LogP contribution in [0.2, 0.25) is 0 Å². The van der Waals surface area contributed by atoms with Gasteiger partial charge in [0.15, 0.2) is 0 Å². The van der Waals surface area contributed by atoms with Crippen LogP contribution in [-0.4, -0.2) is 37.7 Å². The number of rotatable bonds is 28. The SMILES string of the molecule is CC(/C=C/C=C(C)/C=C/c1cc(C)c2cc(C(C)C)ccc(C)c1-2)=C\C=O.CC(/C=C/C=C/c1cc(C)c2cc(C(C)C)ccc(C)c1-2)=C\C=O.CC(/C=C/c1cc(C)c2cc(C(C)C)ccc(C)c1-2)=C\C=O.CC(/C=C/c1cc2c(C)ccc(C(C)C)cc-2c1C)=C\C=O.Cc1cc(/C=C/C=C/C=C/C=O)c2c(C)ccc(C(C)C)cc1-2.Cc1cc(/C=C/C=C/C=O)c2c(C)ccc(C(C)C)cc1-2. The maximum Gasteiger partial charge on any atom is 0.143 e. The molecule has 12 aliphatic carbocycles. The summed E-state index contributed by atoms with van der Waals surface area (Å²) in [6, 6.07) is 54.1. The molecular weight excluding hydrogens is 1690 g/mol. The van der Waals surface area contributed by atoms with E-state index in [0.717, 1.165) is 65.6 Å². The predicted octanol–water partition coefficient (Wildman–Crippen LogP) is 36.0. The molecule has 0 unspecified atom stereocenters. The van der Waals surface area contributed by atoms with Crippen LogP contribution in [-0.2, 0) is 28.8 Å². The van der Waals surface area contributed by atoms with E-state index in [4.69, 9.17) is 0 Å². The molecule has 6 nitrogen and oxygen atoms in total. The fraction of sp³-hybridized carbons (Fsp3) is 0.263. The van der Waals surface area contributed by atoms with Crippen LogP contribution >= 0.6 is 0 Å². The number of aldehydes is 6. The van der Waals surface area contributed by atoms with E-state index in [2.05, 4.69) is 367 Å². The molecule has 0 atom stereocenters. The standard InChI is InChI=1S/C26H30O.C23H26O.C22H24O.2C21H24O.C20H22O/c1-18(2)23-13-11-21(5)26-24(16-22(6)25(26)17-23)12-10-19(3)8-7-9-20(4)14-15-27;1-16(2)20-11-10-18(4)23-21(14-19(5)22(23)15-20)9-7-6-8-17(3)12-13-24;1-16(2)19-12-11-17(3)22-20(14-18(4)21(22)15-19)10-8-6-5-7-9-13-23;1-14(2)18-9-7-16(4)20-13-19(17(5)21(20)12-18)8-6-15(3)10-11-22;1-14(2)18-9-7-16(4)21-19(8-6-15(3)10-11-22)12-17(5)20(21)13-18;1-14(2)17-10-9-15(3)20-18(8-6-5-7-11-21)12-16(4)19(20)13-17/h7-18H,1-6H3;6-16H,1-5H3;5-16H,1-4H3;2*6-14H,1-5H3;5-14H,1-4H3/b9-7+,12-10+,19-8+,20-14+;8-6+,9-7+,17-12+;6-5+,9-7+,10-8+;2*8-6+,15-10+;7-5+,8-6+. The molecule has 0 aromatic rings. The zero-order valence-corrected chi connectivity index (χ0v) is 88.3. The Morgan fingerprint density at radius 1 is 0.187 bits per heavy atom. The number of hydrogen-bond acceptors (Lipinski definition) is 6. The Morgan fingerprint density at radius 3 is 0.691 bits per heavy atom. The van der Waals surface area contributed by atoms with E-state index >= 15 is 0 Å². The second-order valence-corrected chi connectivity index (χ2v) is 38.6. The van der Waals surface area contributed by atoms with Crippen LogP contribution in [0.1, 0.15) is 287 Å². The lowest BCUT2D eigenvalue weighted by Gasteiger charge is -2.04. The first-order valence-corrected chi connectivity index (χ1v) is 48.9. The molecule has 12 aliphatic rings. The van der Waals surface area contributed by atoms with Gasteiger partial charge in [-0.2, -0.15) is 0 Å². The molecule has 0 N–H and O–H groups in total. The molecule has 6 heteroatoms. The lowest BCUT2D eigenvalue weighted by Crippen LogP contribution is -1.84. The van der Waals surface area contributed by atoms with Crippen molar-refractivity contribution in [1.29, 1.82) is 0 Å². The van der Waals surface area contributed by atoms with Crippen molar-refractivity contribution in [2.24, 2.45) is 0 Å². The van der Waals surface area contributed by atoms with Crippen LogP contribution in [0.5, 0.6) is 0 Å². The maximum absolute atomic E-state index is 10.5. The van der Waals surface area contributed by atoms with Gasteiger partial charge in [0.2, 0.25) is 0 Å². The molecule has 0 radical (unpaired) electrons. The van der Waals surface area contributed by atoms with Crippen LogP contribution < -0.4 is 0 Å². The first kappa shape index (κ1) is 112. The molecule has 139 heavy (non-hydrogen) atoms. The van der Waals surface area contributed by atoms with E-state index < -0.39 is 0 Å². The van der Waals surface area contributed by atoms with Gasteiger partial charge in [-0.15, -0.1) is 0 Å². The molecule has 0 amide bonds. The van der Waals surface area contributed by atoms with Gasteiger partial charge in [-0.3, -0.25) is 28.8 Å². The Labute approximate surface area is 835 Å². The molecule has 0 heterocycles. The third-order valence-electron chi connectivity index (χ3n) is 25.4. The largest absolute Gasteiger partial charge is 0.299 e. The molecule has 0 aromatic carbocycles. The minimum absolute atomic E-state index is 0.515. The first-order chi connectivity index (χ1) is 66.2. The molecule has 0 spiro atoms. The highest BCUT2D eigenvalue weighted by Gasteiger charge is 2.22. The summed E-state index contributed by atoms with van der Waals surface area (Å²) in [6.07, 6.45) is 56.1. The van der Waals surface area contributed by atoms with Crippen LogP contribution in [0, 0.1) is 83.1 Å². The van der Waals surface area contributed by atoms with Crippen molar-refractivity contribution in [1.82, 2.24) is 0 Å². The lowest BCUT2D eigenvalue weighted by molar-refractivity contribution is -0.104. The number of carbonyl (C=O) groups is 6. The summed E-state index contributed by atoms with van der Waals surface area (Å²) < 4.78 is 0. The Balaban J connectivity index is 0.000000227. The average Bonchev–Trinajstić information content (AvgIpc) is 1.66. The maximum atomic E-state index is 10.5. The fourth-order valence-electron chi connectivity index (χ4n) is 16.9. The summed E-state index contributed by atoms with van der Waals surface area (Å²) in [6.45, 7) is 62.6. The van der Waals surface area contributed by atoms with Gasteiger partial charge >= 0.3 is 0 Å². The Hall–Kier alpha value is -13.9. The Kier molecular flexibility index (Phi) is 44.7.